The van der Waals surface area contributed by atoms with Gasteiger partial charge in [-0.05, 0) is 30.4 Å². The van der Waals surface area contributed by atoms with Crippen molar-refractivity contribution in [2.24, 2.45) is 11.7 Å². The summed E-state index contributed by atoms with van der Waals surface area (Å²) in [5.41, 5.74) is 7.48. The Balaban J connectivity index is 1.77. The summed E-state index contributed by atoms with van der Waals surface area (Å²) in [6, 6.07) is 4.42. The van der Waals surface area contributed by atoms with Crippen molar-refractivity contribution in [3.63, 3.8) is 0 Å². The molecule has 2 nitrogen and oxygen atoms in total. The summed E-state index contributed by atoms with van der Waals surface area (Å²) in [5, 5.41) is 0. The van der Waals surface area contributed by atoms with Gasteiger partial charge in [0, 0.05) is 18.4 Å². The van der Waals surface area contributed by atoms with E-state index in [1.54, 1.807) is 0 Å². The van der Waals surface area contributed by atoms with Crippen molar-refractivity contribution >= 4 is 0 Å². The van der Waals surface area contributed by atoms with Crippen LogP contribution in [0.5, 0.6) is 0 Å². The number of hydrogen-bond acceptors (Lipinski definition) is 2. The van der Waals surface area contributed by atoms with E-state index in [0.29, 0.717) is 6.04 Å². The third kappa shape index (κ3) is 3.60. The zero-order chi connectivity index (χ0) is 11.2. The van der Waals surface area contributed by atoms with Crippen molar-refractivity contribution in [1.82, 2.24) is 4.98 Å². The van der Waals surface area contributed by atoms with Gasteiger partial charge < -0.3 is 5.73 Å². The third-order valence-corrected chi connectivity index (χ3v) is 3.58. The van der Waals surface area contributed by atoms with E-state index in [0.717, 1.165) is 12.3 Å². The molecule has 1 aromatic heterocycles. The molecule has 0 spiro atoms. The highest BCUT2D eigenvalue weighted by atomic mass is 14.6. The SMILES string of the molecule is NC(Cc1cccnc1)CC1CCCCC1. The predicted molar refractivity (Wildman–Crippen MR) is 67.1 cm³/mol. The number of pyridine rings is 1. The standard InChI is InChI=1S/C14H22N2/c15-14(9-12-5-2-1-3-6-12)10-13-7-4-8-16-11-13/h4,7-8,11-12,14H,1-3,5-6,9-10,15H2. The Labute approximate surface area is 98.3 Å². The van der Waals surface area contributed by atoms with Gasteiger partial charge in [0.15, 0.2) is 0 Å². The maximum atomic E-state index is 6.21. The van der Waals surface area contributed by atoms with Gasteiger partial charge in [-0.3, -0.25) is 4.98 Å². The van der Waals surface area contributed by atoms with Crippen LogP contribution in [0, 0.1) is 5.92 Å². The molecule has 1 saturated carbocycles. The Morgan fingerprint density at radius 3 is 2.81 bits per heavy atom. The first kappa shape index (κ1) is 11.6. The quantitative estimate of drug-likeness (QED) is 0.844. The molecule has 2 N–H and O–H groups in total. The minimum Gasteiger partial charge on any atom is -0.327 e. The summed E-state index contributed by atoms with van der Waals surface area (Å²) in [5.74, 6) is 0.875. The lowest BCUT2D eigenvalue weighted by Crippen LogP contribution is -2.27. The molecule has 1 heterocycles. The van der Waals surface area contributed by atoms with Gasteiger partial charge in [0.1, 0.15) is 0 Å². The number of hydrogen-bond donors (Lipinski definition) is 1. The molecule has 88 valence electrons. The first-order chi connectivity index (χ1) is 7.84. The van der Waals surface area contributed by atoms with Crippen LogP contribution >= 0.6 is 0 Å². The zero-order valence-electron chi connectivity index (χ0n) is 9.94. The van der Waals surface area contributed by atoms with Crippen LogP contribution in [0.4, 0.5) is 0 Å². The molecule has 0 radical (unpaired) electrons. The van der Waals surface area contributed by atoms with E-state index in [4.69, 9.17) is 5.73 Å². The fourth-order valence-corrected chi connectivity index (χ4v) is 2.76. The lowest BCUT2D eigenvalue weighted by molar-refractivity contribution is 0.316. The fourth-order valence-electron chi connectivity index (χ4n) is 2.76. The summed E-state index contributed by atoms with van der Waals surface area (Å²) >= 11 is 0. The van der Waals surface area contributed by atoms with Gasteiger partial charge >= 0.3 is 0 Å². The summed E-state index contributed by atoms with van der Waals surface area (Å²) < 4.78 is 0. The normalized spacial score (nSPS) is 19.6. The Morgan fingerprint density at radius 1 is 1.31 bits per heavy atom. The Kier molecular flexibility index (Phi) is 4.34. The molecule has 1 atom stereocenters. The molecule has 1 unspecified atom stereocenters. The second kappa shape index (κ2) is 6.00. The summed E-state index contributed by atoms with van der Waals surface area (Å²) in [6.07, 6.45) is 12.9. The third-order valence-electron chi connectivity index (χ3n) is 3.58. The van der Waals surface area contributed by atoms with Gasteiger partial charge in [-0.2, -0.15) is 0 Å². The Morgan fingerprint density at radius 2 is 2.12 bits per heavy atom. The summed E-state index contributed by atoms with van der Waals surface area (Å²) in [6.45, 7) is 0. The van der Waals surface area contributed by atoms with Gasteiger partial charge in [0.25, 0.3) is 0 Å². The van der Waals surface area contributed by atoms with Crippen molar-refractivity contribution < 1.29 is 0 Å². The highest BCUT2D eigenvalue weighted by Gasteiger charge is 2.16. The van der Waals surface area contributed by atoms with Crippen LogP contribution in [0.1, 0.15) is 44.1 Å². The topological polar surface area (TPSA) is 38.9 Å². The molecule has 1 aliphatic rings. The van der Waals surface area contributed by atoms with E-state index in [1.165, 1.54) is 44.1 Å². The molecule has 2 heteroatoms. The van der Waals surface area contributed by atoms with Crippen molar-refractivity contribution in [2.45, 2.75) is 51.0 Å². The van der Waals surface area contributed by atoms with Gasteiger partial charge in [-0.25, -0.2) is 0 Å². The number of aromatic nitrogens is 1. The smallest absolute Gasteiger partial charge is 0.0300 e. The molecular formula is C14H22N2. The number of rotatable bonds is 4. The van der Waals surface area contributed by atoms with Gasteiger partial charge in [0.2, 0.25) is 0 Å². The van der Waals surface area contributed by atoms with E-state index in [2.05, 4.69) is 11.1 Å². The molecule has 0 aromatic carbocycles. The number of nitrogens with two attached hydrogens (primary N) is 1. The summed E-state index contributed by atoms with van der Waals surface area (Å²) in [4.78, 5) is 4.13. The van der Waals surface area contributed by atoms with Crippen LogP contribution in [0.3, 0.4) is 0 Å². The highest BCUT2D eigenvalue weighted by molar-refractivity contribution is 5.09. The van der Waals surface area contributed by atoms with Crippen LogP contribution in [-0.2, 0) is 6.42 Å². The van der Waals surface area contributed by atoms with Crippen LogP contribution in [-0.4, -0.2) is 11.0 Å². The molecule has 0 aliphatic heterocycles. The molecule has 0 saturated heterocycles. The van der Waals surface area contributed by atoms with Crippen LogP contribution in [0.15, 0.2) is 24.5 Å². The van der Waals surface area contributed by atoms with E-state index in [-0.39, 0.29) is 0 Å². The molecular weight excluding hydrogens is 196 g/mol. The minimum atomic E-state index is 0.312. The first-order valence-electron chi connectivity index (χ1n) is 6.49. The van der Waals surface area contributed by atoms with E-state index >= 15 is 0 Å². The van der Waals surface area contributed by atoms with Crippen LogP contribution in [0.25, 0.3) is 0 Å². The molecule has 1 aromatic rings. The molecule has 0 amide bonds. The van der Waals surface area contributed by atoms with E-state index < -0.39 is 0 Å². The molecule has 16 heavy (non-hydrogen) atoms. The molecule has 1 aliphatic carbocycles. The second-order valence-corrected chi connectivity index (χ2v) is 5.07. The van der Waals surface area contributed by atoms with E-state index in [9.17, 15) is 0 Å². The second-order valence-electron chi connectivity index (χ2n) is 5.07. The number of nitrogens with zero attached hydrogens (tertiary/aromatic N) is 1. The Bertz CT molecular complexity index is 291. The largest absolute Gasteiger partial charge is 0.327 e. The fraction of sp³-hybridized carbons (Fsp3) is 0.643. The van der Waals surface area contributed by atoms with Crippen molar-refractivity contribution in [1.29, 1.82) is 0 Å². The highest BCUT2D eigenvalue weighted by Crippen LogP contribution is 2.27. The van der Waals surface area contributed by atoms with E-state index in [1.807, 2.05) is 18.5 Å². The van der Waals surface area contributed by atoms with Crippen LogP contribution < -0.4 is 5.73 Å². The summed E-state index contributed by atoms with van der Waals surface area (Å²) in [7, 11) is 0. The Hall–Kier alpha value is -0.890. The van der Waals surface area contributed by atoms with Crippen LogP contribution in [0.2, 0.25) is 0 Å². The maximum Gasteiger partial charge on any atom is 0.0300 e. The molecule has 1 fully saturated rings. The van der Waals surface area contributed by atoms with Crippen molar-refractivity contribution in [3.8, 4) is 0 Å². The average Bonchev–Trinajstić information content (AvgIpc) is 2.31. The monoisotopic (exact) mass is 218 g/mol. The lowest BCUT2D eigenvalue weighted by Gasteiger charge is -2.24. The maximum absolute atomic E-state index is 6.21. The van der Waals surface area contributed by atoms with Crippen molar-refractivity contribution in [3.05, 3.63) is 30.1 Å². The minimum absolute atomic E-state index is 0.312. The van der Waals surface area contributed by atoms with Gasteiger partial charge in [-0.15, -0.1) is 0 Å². The predicted octanol–water partition coefficient (Wildman–Crippen LogP) is 2.92. The molecule has 0 bridgehead atoms. The lowest BCUT2D eigenvalue weighted by atomic mass is 9.84. The average molecular weight is 218 g/mol. The van der Waals surface area contributed by atoms with Gasteiger partial charge in [0.05, 0.1) is 0 Å². The van der Waals surface area contributed by atoms with Gasteiger partial charge in [-0.1, -0.05) is 38.2 Å². The first-order valence-corrected chi connectivity index (χ1v) is 6.49. The zero-order valence-corrected chi connectivity index (χ0v) is 9.94. The molecule has 2 rings (SSSR count). The van der Waals surface area contributed by atoms with Crippen molar-refractivity contribution in [2.75, 3.05) is 0 Å².